The van der Waals surface area contributed by atoms with Crippen LogP contribution in [0.3, 0.4) is 0 Å². The van der Waals surface area contributed by atoms with E-state index in [0.29, 0.717) is 48.2 Å². The number of benzene rings is 1. The summed E-state index contributed by atoms with van der Waals surface area (Å²) in [7, 11) is 0. The fourth-order valence-electron chi connectivity index (χ4n) is 4.71. The van der Waals surface area contributed by atoms with Crippen LogP contribution in [-0.2, 0) is 23.9 Å². The van der Waals surface area contributed by atoms with E-state index in [0.717, 1.165) is 37.0 Å². The minimum atomic E-state index is -3.33. The van der Waals surface area contributed by atoms with Gasteiger partial charge < -0.3 is 16.0 Å². The summed E-state index contributed by atoms with van der Waals surface area (Å²) in [6.07, 6.45) is 15.8. The molecular formula is C37H48F4N6O. The molecule has 2 aromatic heterocycles. The fraction of sp³-hybridized carbons (Fsp3) is 0.378. The predicted octanol–water partition coefficient (Wildman–Crippen LogP) is 8.24. The number of halogens is 4. The van der Waals surface area contributed by atoms with E-state index in [-0.39, 0.29) is 29.7 Å². The second-order valence-corrected chi connectivity index (χ2v) is 10.7. The van der Waals surface area contributed by atoms with Crippen LogP contribution in [0.2, 0.25) is 0 Å². The molecular weight excluding hydrogens is 620 g/mol. The highest BCUT2D eigenvalue weighted by Gasteiger charge is 2.28. The molecule has 3 N–H and O–H groups in total. The molecule has 0 bridgehead atoms. The van der Waals surface area contributed by atoms with E-state index in [4.69, 9.17) is 0 Å². The molecule has 1 amide bonds. The van der Waals surface area contributed by atoms with Gasteiger partial charge in [-0.05, 0) is 63.3 Å². The fourth-order valence-corrected chi connectivity index (χ4v) is 4.71. The van der Waals surface area contributed by atoms with Crippen molar-refractivity contribution in [2.45, 2.75) is 85.5 Å². The van der Waals surface area contributed by atoms with Gasteiger partial charge in [-0.2, -0.15) is 5.10 Å². The molecule has 0 saturated carbocycles. The standard InChI is InChI=1S/C33H40F4N6O.C2H6.C2H2/c1-7-10-26(12-9-11-21(3)15-31(44)38-8-2)41-23(5)30-17-29(42-32-25(18-34)20-40-43(30)32)22(4)39-19-24-13-14-28(35)27(16-24)33(6,36)37;2*1-2/h7,13-17,20,26,39,41H,1,4-5,8-12,18-19H2,2-3,6H3,(H,38,44);1-2H3;1-2H/b21-15+;;. The molecule has 0 aliphatic rings. The summed E-state index contributed by atoms with van der Waals surface area (Å²) in [5, 5.41) is 13.6. The summed E-state index contributed by atoms with van der Waals surface area (Å²) in [6, 6.07) is 5.20. The van der Waals surface area contributed by atoms with E-state index in [2.05, 4.69) is 58.6 Å². The van der Waals surface area contributed by atoms with E-state index in [9.17, 15) is 22.4 Å². The Labute approximate surface area is 282 Å². The number of carbonyl (C=O) groups is 1. The number of nitrogens with zero attached hydrogens (tertiary/aromatic N) is 3. The lowest BCUT2D eigenvalue weighted by atomic mass is 10.0. The summed E-state index contributed by atoms with van der Waals surface area (Å²) in [4.78, 5) is 16.4. The monoisotopic (exact) mass is 668 g/mol. The molecule has 7 nitrogen and oxygen atoms in total. The van der Waals surface area contributed by atoms with Crippen LogP contribution in [0.5, 0.6) is 0 Å². The molecule has 0 spiro atoms. The number of allylic oxidation sites excluding steroid dienone is 1. The van der Waals surface area contributed by atoms with Crippen molar-refractivity contribution in [3.63, 3.8) is 0 Å². The first-order valence-corrected chi connectivity index (χ1v) is 15.8. The molecule has 3 rings (SSSR count). The quantitative estimate of drug-likeness (QED) is 0.0584. The molecule has 48 heavy (non-hydrogen) atoms. The van der Waals surface area contributed by atoms with Gasteiger partial charge in [-0.15, -0.1) is 19.4 Å². The van der Waals surface area contributed by atoms with E-state index in [1.807, 2.05) is 33.8 Å². The van der Waals surface area contributed by atoms with Gasteiger partial charge in [-0.25, -0.2) is 27.1 Å². The zero-order chi connectivity index (χ0) is 36.4. The molecule has 0 saturated heterocycles. The van der Waals surface area contributed by atoms with Crippen molar-refractivity contribution in [3.05, 3.63) is 102 Å². The zero-order valence-electron chi connectivity index (χ0n) is 28.6. The SMILES string of the molecule is C#C.C=CCC(CCC/C(C)=C/C(=O)NCC)NC(=C)c1cc(C(=C)NCc2ccc(F)c(C(C)(F)F)c2)nc2c(CF)cnn12.CC. The van der Waals surface area contributed by atoms with Gasteiger partial charge in [-0.1, -0.05) is 44.7 Å². The molecule has 260 valence electrons. The van der Waals surface area contributed by atoms with Gasteiger partial charge in [0.2, 0.25) is 5.91 Å². The second-order valence-electron chi connectivity index (χ2n) is 10.7. The van der Waals surface area contributed by atoms with Gasteiger partial charge in [0, 0.05) is 37.7 Å². The number of fused-ring (bicyclic) bond motifs is 1. The van der Waals surface area contributed by atoms with Crippen molar-refractivity contribution in [2.75, 3.05) is 6.54 Å². The third-order valence-electron chi connectivity index (χ3n) is 7.00. The lowest BCUT2D eigenvalue weighted by Crippen LogP contribution is -2.28. The maximum absolute atomic E-state index is 13.9. The van der Waals surface area contributed by atoms with E-state index in [1.165, 1.54) is 16.8 Å². The number of alkyl halides is 3. The summed E-state index contributed by atoms with van der Waals surface area (Å²) in [6.45, 7) is 20.4. The molecule has 11 heteroatoms. The third-order valence-corrected chi connectivity index (χ3v) is 7.00. The van der Waals surface area contributed by atoms with Gasteiger partial charge in [0.15, 0.2) is 5.65 Å². The van der Waals surface area contributed by atoms with Crippen LogP contribution in [0.15, 0.2) is 67.9 Å². The number of amides is 1. The Morgan fingerprint density at radius 2 is 1.83 bits per heavy atom. The highest BCUT2D eigenvalue weighted by atomic mass is 19.3. The van der Waals surface area contributed by atoms with Crippen LogP contribution in [0.25, 0.3) is 17.0 Å². The number of hydrogen-bond donors (Lipinski definition) is 3. The molecule has 1 unspecified atom stereocenters. The minimum Gasteiger partial charge on any atom is -0.381 e. The molecule has 0 aliphatic heterocycles. The normalized spacial score (nSPS) is 11.7. The van der Waals surface area contributed by atoms with E-state index in [1.54, 1.807) is 12.1 Å². The van der Waals surface area contributed by atoms with Crippen LogP contribution in [0, 0.1) is 18.7 Å². The summed E-state index contributed by atoms with van der Waals surface area (Å²) in [5.74, 6) is -4.42. The summed E-state index contributed by atoms with van der Waals surface area (Å²) in [5.41, 5.74) is 3.05. The molecule has 1 aromatic carbocycles. The van der Waals surface area contributed by atoms with Crippen molar-refractivity contribution >= 4 is 22.9 Å². The van der Waals surface area contributed by atoms with Gasteiger partial charge in [0.05, 0.1) is 34.5 Å². The lowest BCUT2D eigenvalue weighted by Gasteiger charge is -2.21. The maximum atomic E-state index is 13.9. The Morgan fingerprint density at radius 3 is 2.44 bits per heavy atom. The predicted molar refractivity (Wildman–Crippen MR) is 188 cm³/mol. The van der Waals surface area contributed by atoms with Crippen LogP contribution in [0.1, 0.15) is 88.4 Å². The number of hydrogen-bond acceptors (Lipinski definition) is 5. The number of likely N-dealkylation sites (N-methyl/N-ethyl adjacent to an activating group) is 1. The first-order chi connectivity index (χ1) is 22.9. The van der Waals surface area contributed by atoms with Crippen molar-refractivity contribution in [1.82, 2.24) is 30.5 Å². The lowest BCUT2D eigenvalue weighted by molar-refractivity contribution is -0.116. The van der Waals surface area contributed by atoms with E-state index >= 15 is 0 Å². The van der Waals surface area contributed by atoms with Crippen LogP contribution < -0.4 is 16.0 Å². The highest BCUT2D eigenvalue weighted by Crippen LogP contribution is 2.30. The van der Waals surface area contributed by atoms with Crippen LogP contribution in [-0.4, -0.2) is 33.1 Å². The number of terminal acetylenes is 1. The van der Waals surface area contributed by atoms with Gasteiger partial charge in [0.1, 0.15) is 12.5 Å². The zero-order valence-corrected chi connectivity index (χ0v) is 28.6. The van der Waals surface area contributed by atoms with Crippen molar-refractivity contribution < 1.29 is 22.4 Å². The summed E-state index contributed by atoms with van der Waals surface area (Å²) < 4.78 is 56.9. The Bertz CT molecular complexity index is 1590. The Hall–Kier alpha value is -4.85. The Balaban J connectivity index is 0.00000277. The van der Waals surface area contributed by atoms with Gasteiger partial charge >= 0.3 is 0 Å². The molecule has 0 radical (unpaired) electrons. The Kier molecular flexibility index (Phi) is 17.5. The average molecular weight is 669 g/mol. The Morgan fingerprint density at radius 1 is 1.15 bits per heavy atom. The molecule has 3 aromatic rings. The number of carbonyl (C=O) groups excluding carboxylic acids is 1. The second kappa shape index (κ2) is 20.4. The molecule has 0 aliphatic carbocycles. The minimum absolute atomic E-state index is 0.0224. The largest absolute Gasteiger partial charge is 0.381 e. The first-order valence-electron chi connectivity index (χ1n) is 15.8. The number of nitrogens with one attached hydrogen (secondary N) is 3. The molecule has 0 fully saturated rings. The van der Waals surface area contributed by atoms with Gasteiger partial charge in [0.25, 0.3) is 5.92 Å². The maximum Gasteiger partial charge on any atom is 0.273 e. The number of rotatable bonds is 17. The molecule has 2 heterocycles. The third kappa shape index (κ3) is 12.1. The molecule has 1 atom stereocenters. The highest BCUT2D eigenvalue weighted by molar-refractivity contribution is 5.88. The van der Waals surface area contributed by atoms with Crippen molar-refractivity contribution in [1.29, 1.82) is 0 Å². The van der Waals surface area contributed by atoms with E-state index < -0.39 is 24.0 Å². The van der Waals surface area contributed by atoms with Gasteiger partial charge in [-0.3, -0.25) is 4.79 Å². The first kappa shape index (κ1) is 41.2. The van der Waals surface area contributed by atoms with Crippen molar-refractivity contribution in [2.24, 2.45) is 0 Å². The smallest absolute Gasteiger partial charge is 0.273 e. The topological polar surface area (TPSA) is 83.4 Å². The number of aromatic nitrogens is 3. The van der Waals surface area contributed by atoms with Crippen molar-refractivity contribution in [3.8, 4) is 12.8 Å². The van der Waals surface area contributed by atoms with Crippen LogP contribution >= 0.6 is 0 Å². The average Bonchev–Trinajstić information content (AvgIpc) is 3.48. The van der Waals surface area contributed by atoms with Crippen LogP contribution in [0.4, 0.5) is 17.6 Å². The summed E-state index contributed by atoms with van der Waals surface area (Å²) >= 11 is 0.